The molecule has 0 saturated carbocycles. The Bertz CT molecular complexity index is 5010. The SMILES string of the molecule is CC12CC(N(c3ccc(N(c4ccc5c(c4)c4ccccc4n5-c4ccccc4)c4ccc5c(c4)c4ccccc4n5-c4ccccc4)cc3)c3ccc4c(c3)c3ccccc3n4-c3ccccc3)=CC=C1N(c1ccccc1)c1ccccc12. The molecule has 85 heavy (non-hydrogen) atoms. The van der Waals surface area contributed by atoms with Crippen LogP contribution in [-0.4, -0.2) is 13.7 Å². The van der Waals surface area contributed by atoms with Crippen LogP contribution in [0.3, 0.4) is 0 Å². The van der Waals surface area contributed by atoms with E-state index in [1.807, 2.05) is 0 Å². The van der Waals surface area contributed by atoms with Gasteiger partial charge in [-0.3, -0.25) is 0 Å². The lowest BCUT2D eigenvalue weighted by molar-refractivity contribution is 0.554. The highest BCUT2D eigenvalue weighted by atomic mass is 15.2. The van der Waals surface area contributed by atoms with Gasteiger partial charge in [0.25, 0.3) is 0 Å². The summed E-state index contributed by atoms with van der Waals surface area (Å²) in [7, 11) is 0. The Morgan fingerprint density at radius 3 is 1.08 bits per heavy atom. The van der Waals surface area contributed by atoms with Gasteiger partial charge in [0.2, 0.25) is 0 Å². The number of nitrogens with zero attached hydrogens (tertiary/aromatic N) is 6. The molecule has 0 saturated heterocycles. The molecule has 402 valence electrons. The van der Waals surface area contributed by atoms with Crippen LogP contribution in [0.25, 0.3) is 82.5 Å². The van der Waals surface area contributed by atoms with E-state index in [2.05, 4.69) is 345 Å². The third-order valence-electron chi connectivity index (χ3n) is 18.0. The second-order valence-electron chi connectivity index (χ2n) is 22.8. The first-order valence-corrected chi connectivity index (χ1v) is 29.4. The van der Waals surface area contributed by atoms with Gasteiger partial charge in [0, 0.05) is 112 Å². The molecule has 0 bridgehead atoms. The molecule has 4 heterocycles. The molecule has 1 aliphatic heterocycles. The van der Waals surface area contributed by atoms with E-state index in [9.17, 15) is 0 Å². The summed E-state index contributed by atoms with van der Waals surface area (Å²) in [5.74, 6) is 0. The van der Waals surface area contributed by atoms with E-state index in [0.29, 0.717) is 0 Å². The van der Waals surface area contributed by atoms with Crippen LogP contribution in [0.1, 0.15) is 18.9 Å². The molecule has 0 spiro atoms. The van der Waals surface area contributed by atoms with Crippen molar-refractivity contribution in [2.45, 2.75) is 18.8 Å². The first-order chi connectivity index (χ1) is 42.1. The van der Waals surface area contributed by atoms with E-state index in [1.54, 1.807) is 0 Å². The Morgan fingerprint density at radius 1 is 0.294 bits per heavy atom. The molecule has 17 rings (SSSR count). The van der Waals surface area contributed by atoms with Gasteiger partial charge in [-0.05, 0) is 176 Å². The van der Waals surface area contributed by atoms with E-state index in [0.717, 1.165) is 63.0 Å². The molecule has 0 amide bonds. The number of rotatable bonds is 10. The molecule has 0 radical (unpaired) electrons. The highest BCUT2D eigenvalue weighted by Gasteiger charge is 2.46. The molecule has 1 atom stereocenters. The normalized spacial score (nSPS) is 14.8. The van der Waals surface area contributed by atoms with Crippen LogP contribution >= 0.6 is 0 Å². The fraction of sp³-hybridized carbons (Fsp3) is 0.0380. The summed E-state index contributed by atoms with van der Waals surface area (Å²) in [6.45, 7) is 2.44. The average Bonchev–Trinajstić information content (AvgIpc) is 3.41. The fourth-order valence-electron chi connectivity index (χ4n) is 14.2. The second kappa shape index (κ2) is 19.3. The van der Waals surface area contributed by atoms with Crippen LogP contribution < -0.4 is 14.7 Å². The maximum absolute atomic E-state index is 2.52. The smallest absolute Gasteiger partial charge is 0.0542 e. The van der Waals surface area contributed by atoms with Crippen molar-refractivity contribution < 1.29 is 0 Å². The Kier molecular flexibility index (Phi) is 11.0. The van der Waals surface area contributed by atoms with Gasteiger partial charge in [-0.1, -0.05) is 146 Å². The number of anilines is 7. The van der Waals surface area contributed by atoms with Crippen LogP contribution in [0, 0.1) is 0 Å². The van der Waals surface area contributed by atoms with Crippen LogP contribution in [0.15, 0.2) is 321 Å². The first-order valence-electron chi connectivity index (χ1n) is 29.4. The van der Waals surface area contributed by atoms with Gasteiger partial charge >= 0.3 is 0 Å². The highest BCUT2D eigenvalue weighted by Crippen LogP contribution is 2.57. The Balaban J connectivity index is 0.862. The summed E-state index contributed by atoms with van der Waals surface area (Å²) in [6.07, 6.45) is 5.54. The molecule has 12 aromatic carbocycles. The quantitative estimate of drug-likeness (QED) is 0.136. The molecule has 1 aliphatic carbocycles. The number of allylic oxidation sites excluding steroid dienone is 4. The summed E-state index contributed by atoms with van der Waals surface area (Å²) in [6, 6.07) is 109. The number of fused-ring (bicyclic) bond motifs is 12. The molecule has 0 fully saturated rings. The monoisotopic (exact) mass is 1090 g/mol. The zero-order valence-corrected chi connectivity index (χ0v) is 46.8. The lowest BCUT2D eigenvalue weighted by Crippen LogP contribution is -2.32. The van der Waals surface area contributed by atoms with Gasteiger partial charge in [-0.25, -0.2) is 0 Å². The Morgan fingerprint density at radius 2 is 0.635 bits per heavy atom. The molecule has 15 aromatic rings. The van der Waals surface area contributed by atoms with E-state index in [4.69, 9.17) is 0 Å². The number of para-hydroxylation sites is 8. The minimum Gasteiger partial charge on any atom is -0.314 e. The largest absolute Gasteiger partial charge is 0.314 e. The van der Waals surface area contributed by atoms with Crippen molar-refractivity contribution >= 4 is 105 Å². The van der Waals surface area contributed by atoms with Gasteiger partial charge in [-0.2, -0.15) is 0 Å². The summed E-state index contributed by atoms with van der Waals surface area (Å²) in [4.78, 5) is 7.43. The van der Waals surface area contributed by atoms with E-state index >= 15 is 0 Å². The molecule has 0 N–H and O–H groups in total. The van der Waals surface area contributed by atoms with Gasteiger partial charge in [-0.15, -0.1) is 0 Å². The summed E-state index contributed by atoms with van der Waals surface area (Å²) in [5.41, 5.74) is 21.7. The lowest BCUT2D eigenvalue weighted by atomic mass is 9.75. The maximum Gasteiger partial charge on any atom is 0.0542 e. The summed E-state index contributed by atoms with van der Waals surface area (Å²) < 4.78 is 7.19. The minimum atomic E-state index is -0.316. The third kappa shape index (κ3) is 7.58. The molecular formula is C79H56N6. The number of hydrogen-bond donors (Lipinski definition) is 0. The van der Waals surface area contributed by atoms with Crippen molar-refractivity contribution in [2.75, 3.05) is 14.7 Å². The minimum absolute atomic E-state index is 0.316. The zero-order valence-electron chi connectivity index (χ0n) is 46.8. The third-order valence-corrected chi connectivity index (χ3v) is 18.0. The van der Waals surface area contributed by atoms with E-state index < -0.39 is 0 Å². The fourth-order valence-corrected chi connectivity index (χ4v) is 14.2. The molecule has 2 aliphatic rings. The highest BCUT2D eigenvalue weighted by molar-refractivity contribution is 6.13. The maximum atomic E-state index is 2.52. The predicted octanol–water partition coefficient (Wildman–Crippen LogP) is 20.9. The average molecular weight is 1090 g/mol. The molecule has 6 nitrogen and oxygen atoms in total. The van der Waals surface area contributed by atoms with Crippen LogP contribution in [0.5, 0.6) is 0 Å². The van der Waals surface area contributed by atoms with Crippen LogP contribution in [-0.2, 0) is 5.41 Å². The first kappa shape index (κ1) is 48.6. The lowest BCUT2D eigenvalue weighted by Gasteiger charge is -2.38. The Hall–Kier alpha value is -11.1. The molecule has 6 heteroatoms. The van der Waals surface area contributed by atoms with Crippen molar-refractivity contribution in [3.63, 3.8) is 0 Å². The Labute approximate surface area is 493 Å². The van der Waals surface area contributed by atoms with Crippen LogP contribution in [0.2, 0.25) is 0 Å². The van der Waals surface area contributed by atoms with E-state index in [-0.39, 0.29) is 5.41 Å². The predicted molar refractivity (Wildman–Crippen MR) is 356 cm³/mol. The molecule has 1 unspecified atom stereocenters. The zero-order chi connectivity index (χ0) is 56.2. The topological polar surface area (TPSA) is 24.5 Å². The summed E-state index contributed by atoms with van der Waals surface area (Å²) in [5, 5.41) is 7.24. The standard InChI is InChI=1S/C79H56N6/c1-79-53-63(45-49-78(79)85(57-28-12-5-13-29-57)77-37-21-17-33-70(77)79)81(62-44-48-76-69(52-62)66-32-16-20-36-73(66)84(76)56-26-10-4-11-27-56)59-40-38-58(39-41-59)80(60-42-46-74-67(50-60)64-30-14-18-34-71(64)82(74)54-22-6-2-7-23-54)61-43-47-75-68(51-61)65-31-15-19-35-72(65)83(75)55-24-8-3-9-25-55/h2-52H,53H2,1H3. The molecular weight excluding hydrogens is 1030 g/mol. The van der Waals surface area contributed by atoms with E-state index in [1.165, 1.54) is 82.7 Å². The molecule has 3 aromatic heterocycles. The van der Waals surface area contributed by atoms with Gasteiger partial charge < -0.3 is 28.4 Å². The summed E-state index contributed by atoms with van der Waals surface area (Å²) >= 11 is 0. The number of aromatic nitrogens is 3. The van der Waals surface area contributed by atoms with Crippen molar-refractivity contribution in [1.82, 2.24) is 13.7 Å². The van der Waals surface area contributed by atoms with Crippen molar-refractivity contribution in [2.24, 2.45) is 0 Å². The van der Waals surface area contributed by atoms with Gasteiger partial charge in [0.1, 0.15) is 0 Å². The van der Waals surface area contributed by atoms with Crippen LogP contribution in [0.4, 0.5) is 39.8 Å². The van der Waals surface area contributed by atoms with Crippen molar-refractivity contribution in [1.29, 1.82) is 0 Å². The number of hydrogen-bond acceptors (Lipinski definition) is 3. The van der Waals surface area contributed by atoms with Gasteiger partial charge in [0.15, 0.2) is 0 Å². The number of benzene rings is 12. The van der Waals surface area contributed by atoms with Gasteiger partial charge in [0.05, 0.1) is 33.1 Å². The van der Waals surface area contributed by atoms with Crippen molar-refractivity contribution in [3.8, 4) is 17.1 Å². The second-order valence-corrected chi connectivity index (χ2v) is 22.8. The van der Waals surface area contributed by atoms with Crippen molar-refractivity contribution in [3.05, 3.63) is 326 Å².